The van der Waals surface area contributed by atoms with Crippen molar-refractivity contribution < 1.29 is 9.90 Å². The molecular formula is C23H29N5O2. The van der Waals surface area contributed by atoms with Gasteiger partial charge in [0.25, 0.3) is 0 Å². The van der Waals surface area contributed by atoms with E-state index in [0.717, 1.165) is 69.2 Å². The van der Waals surface area contributed by atoms with Gasteiger partial charge in [0, 0.05) is 56.0 Å². The number of hydrogen-bond acceptors (Lipinski definition) is 6. The average Bonchev–Trinajstić information content (AvgIpc) is 3.10. The lowest BCUT2D eigenvalue weighted by molar-refractivity contribution is -0.139. The fourth-order valence-corrected chi connectivity index (χ4v) is 5.42. The van der Waals surface area contributed by atoms with Gasteiger partial charge in [-0.1, -0.05) is 0 Å². The van der Waals surface area contributed by atoms with Crippen LogP contribution in [0.3, 0.4) is 0 Å². The van der Waals surface area contributed by atoms with Crippen LogP contribution in [0.1, 0.15) is 44.9 Å². The van der Waals surface area contributed by atoms with Gasteiger partial charge >= 0.3 is 0 Å². The van der Waals surface area contributed by atoms with Crippen molar-refractivity contribution in [2.24, 2.45) is 5.41 Å². The molecule has 0 aromatic carbocycles. The molecule has 1 aliphatic carbocycles. The summed E-state index contributed by atoms with van der Waals surface area (Å²) in [5.74, 6) is 1.01. The third kappa shape index (κ3) is 3.55. The SMILES string of the molecule is O=C1N(C2CCC(O)CC2)CCC12CCCN(c1ncc(-c3ccncc3)cn1)C2. The molecule has 3 aliphatic rings. The van der Waals surface area contributed by atoms with Gasteiger partial charge in [0.1, 0.15) is 0 Å². The summed E-state index contributed by atoms with van der Waals surface area (Å²) >= 11 is 0. The highest BCUT2D eigenvalue weighted by atomic mass is 16.3. The highest BCUT2D eigenvalue weighted by Gasteiger charge is 2.50. The second kappa shape index (κ2) is 7.95. The van der Waals surface area contributed by atoms with Crippen molar-refractivity contribution >= 4 is 11.9 Å². The van der Waals surface area contributed by atoms with Crippen LogP contribution in [-0.4, -0.2) is 62.6 Å². The topological polar surface area (TPSA) is 82.5 Å². The molecule has 1 unspecified atom stereocenters. The number of aliphatic hydroxyl groups excluding tert-OH is 1. The van der Waals surface area contributed by atoms with Crippen molar-refractivity contribution in [3.05, 3.63) is 36.9 Å². The molecule has 2 aromatic heterocycles. The van der Waals surface area contributed by atoms with E-state index in [1.807, 2.05) is 24.5 Å². The minimum atomic E-state index is -0.304. The molecule has 30 heavy (non-hydrogen) atoms. The second-order valence-corrected chi connectivity index (χ2v) is 9.02. The van der Waals surface area contributed by atoms with Gasteiger partial charge in [-0.3, -0.25) is 9.78 Å². The van der Waals surface area contributed by atoms with Crippen molar-refractivity contribution in [3.8, 4) is 11.1 Å². The Morgan fingerprint density at radius 1 is 0.967 bits per heavy atom. The van der Waals surface area contributed by atoms with E-state index in [0.29, 0.717) is 24.4 Å². The number of aliphatic hydroxyl groups is 1. The molecule has 2 saturated heterocycles. The predicted octanol–water partition coefficient (Wildman–Crippen LogP) is 2.66. The van der Waals surface area contributed by atoms with Crippen molar-refractivity contribution in [3.63, 3.8) is 0 Å². The Morgan fingerprint density at radius 3 is 2.43 bits per heavy atom. The molecule has 1 N–H and O–H groups in total. The summed E-state index contributed by atoms with van der Waals surface area (Å²) in [5, 5.41) is 9.80. The Morgan fingerprint density at radius 2 is 1.70 bits per heavy atom. The molecular weight excluding hydrogens is 378 g/mol. The molecule has 1 amide bonds. The molecule has 7 nitrogen and oxygen atoms in total. The van der Waals surface area contributed by atoms with E-state index in [9.17, 15) is 9.90 Å². The van der Waals surface area contributed by atoms with Gasteiger partial charge in [0.15, 0.2) is 0 Å². The van der Waals surface area contributed by atoms with E-state index in [1.54, 1.807) is 12.4 Å². The van der Waals surface area contributed by atoms with Crippen LogP contribution in [0.4, 0.5) is 5.95 Å². The fraction of sp³-hybridized carbons (Fsp3) is 0.565. The zero-order valence-corrected chi connectivity index (χ0v) is 17.3. The largest absolute Gasteiger partial charge is 0.393 e. The number of likely N-dealkylation sites (tertiary alicyclic amines) is 1. The fourth-order valence-electron chi connectivity index (χ4n) is 5.42. The lowest BCUT2D eigenvalue weighted by atomic mass is 9.78. The van der Waals surface area contributed by atoms with Gasteiger partial charge in [-0.2, -0.15) is 0 Å². The number of piperidine rings is 1. The van der Waals surface area contributed by atoms with Crippen molar-refractivity contribution in [2.75, 3.05) is 24.5 Å². The monoisotopic (exact) mass is 407 g/mol. The smallest absolute Gasteiger partial charge is 0.230 e. The summed E-state index contributed by atoms with van der Waals surface area (Å²) in [4.78, 5) is 31.1. The van der Waals surface area contributed by atoms with Crippen LogP contribution < -0.4 is 4.90 Å². The molecule has 2 aromatic rings. The summed E-state index contributed by atoms with van der Waals surface area (Å²) < 4.78 is 0. The van der Waals surface area contributed by atoms with Crippen LogP contribution in [-0.2, 0) is 4.79 Å². The number of pyridine rings is 1. The maximum absolute atomic E-state index is 13.5. The minimum absolute atomic E-state index is 0.189. The molecule has 1 saturated carbocycles. The molecule has 0 bridgehead atoms. The quantitative estimate of drug-likeness (QED) is 0.842. The molecule has 1 spiro atoms. The summed E-state index contributed by atoms with van der Waals surface area (Å²) in [7, 11) is 0. The van der Waals surface area contributed by atoms with Crippen LogP contribution in [0.5, 0.6) is 0 Å². The number of anilines is 1. The first-order valence-corrected chi connectivity index (χ1v) is 11.1. The number of carbonyl (C=O) groups is 1. The van der Waals surface area contributed by atoms with Crippen LogP contribution in [0.15, 0.2) is 36.9 Å². The zero-order chi connectivity index (χ0) is 20.6. The minimum Gasteiger partial charge on any atom is -0.393 e. The van der Waals surface area contributed by atoms with E-state index in [1.165, 1.54) is 0 Å². The lowest BCUT2D eigenvalue weighted by Crippen LogP contribution is -2.50. The van der Waals surface area contributed by atoms with Gasteiger partial charge < -0.3 is 14.9 Å². The number of hydrogen-bond donors (Lipinski definition) is 1. The number of carbonyl (C=O) groups excluding carboxylic acids is 1. The highest BCUT2D eigenvalue weighted by molar-refractivity contribution is 5.86. The normalized spacial score (nSPS) is 29.6. The van der Waals surface area contributed by atoms with Crippen LogP contribution >= 0.6 is 0 Å². The number of rotatable bonds is 3. The number of nitrogens with zero attached hydrogens (tertiary/aromatic N) is 5. The Bertz CT molecular complexity index is 882. The predicted molar refractivity (Wildman–Crippen MR) is 114 cm³/mol. The van der Waals surface area contributed by atoms with Gasteiger partial charge in [0.2, 0.25) is 11.9 Å². The third-order valence-electron chi connectivity index (χ3n) is 7.16. The maximum atomic E-state index is 13.5. The summed E-state index contributed by atoms with van der Waals surface area (Å²) in [6.07, 6.45) is 13.4. The van der Waals surface area contributed by atoms with Crippen LogP contribution in [0.2, 0.25) is 0 Å². The number of amides is 1. The Hall–Kier alpha value is -2.54. The summed E-state index contributed by atoms with van der Waals surface area (Å²) in [5.41, 5.74) is 1.71. The van der Waals surface area contributed by atoms with Gasteiger partial charge in [-0.05, 0) is 62.6 Å². The van der Waals surface area contributed by atoms with Gasteiger partial charge in [0.05, 0.1) is 11.5 Å². The molecule has 4 heterocycles. The molecule has 2 aliphatic heterocycles. The first-order valence-electron chi connectivity index (χ1n) is 11.1. The van der Waals surface area contributed by atoms with Crippen molar-refractivity contribution in [1.29, 1.82) is 0 Å². The number of aromatic nitrogens is 3. The molecule has 3 fully saturated rings. The Kier molecular flexibility index (Phi) is 5.15. The maximum Gasteiger partial charge on any atom is 0.230 e. The highest BCUT2D eigenvalue weighted by Crippen LogP contribution is 2.43. The zero-order valence-electron chi connectivity index (χ0n) is 17.3. The third-order valence-corrected chi connectivity index (χ3v) is 7.16. The van der Waals surface area contributed by atoms with Crippen LogP contribution in [0.25, 0.3) is 11.1 Å². The molecule has 158 valence electrons. The Labute approximate surface area is 177 Å². The second-order valence-electron chi connectivity index (χ2n) is 9.02. The van der Waals surface area contributed by atoms with E-state index in [-0.39, 0.29) is 11.5 Å². The average molecular weight is 408 g/mol. The standard InChI is InChI=1S/C23H29N5O2/c29-20-4-2-19(3-5-20)28-13-9-23(21(28)30)8-1-12-27(16-23)22-25-14-18(15-26-22)17-6-10-24-11-7-17/h6-7,10-11,14-15,19-20,29H,1-5,8-9,12-13,16H2. The molecule has 7 heteroatoms. The summed E-state index contributed by atoms with van der Waals surface area (Å²) in [6, 6.07) is 4.20. The van der Waals surface area contributed by atoms with Gasteiger partial charge in [-0.25, -0.2) is 9.97 Å². The molecule has 5 rings (SSSR count). The first kappa shape index (κ1) is 19.4. The van der Waals surface area contributed by atoms with E-state index < -0.39 is 0 Å². The molecule has 1 atom stereocenters. The lowest BCUT2D eigenvalue weighted by Gasteiger charge is -2.40. The first-order chi connectivity index (χ1) is 14.6. The van der Waals surface area contributed by atoms with E-state index in [4.69, 9.17) is 0 Å². The van der Waals surface area contributed by atoms with E-state index >= 15 is 0 Å². The van der Waals surface area contributed by atoms with Gasteiger partial charge in [-0.15, -0.1) is 0 Å². The van der Waals surface area contributed by atoms with Crippen molar-refractivity contribution in [2.45, 2.75) is 57.1 Å². The Balaban J connectivity index is 1.29. The van der Waals surface area contributed by atoms with E-state index in [2.05, 4.69) is 24.8 Å². The van der Waals surface area contributed by atoms with Crippen molar-refractivity contribution in [1.82, 2.24) is 19.9 Å². The molecule has 0 radical (unpaired) electrons. The van der Waals surface area contributed by atoms with Crippen LogP contribution in [0, 0.1) is 5.41 Å². The summed E-state index contributed by atoms with van der Waals surface area (Å²) in [6.45, 7) is 2.43.